The van der Waals surface area contributed by atoms with Crippen molar-refractivity contribution in [2.45, 2.75) is 31.1 Å². The first-order valence-electron chi connectivity index (χ1n) is 4.95. The predicted molar refractivity (Wildman–Crippen MR) is 50.8 cm³/mol. The number of carbonyl (C=O) groups excluding carboxylic acids is 1. The average Bonchev–Trinajstić information content (AvgIpc) is 2.41. The van der Waals surface area contributed by atoms with Gasteiger partial charge >= 0.3 is 0 Å². The van der Waals surface area contributed by atoms with Crippen molar-refractivity contribution in [1.82, 2.24) is 0 Å². The Balaban J connectivity index is 2.14. The van der Waals surface area contributed by atoms with Crippen LogP contribution < -0.4 is 0 Å². The third kappa shape index (κ3) is 0.963. The smallest absolute Gasteiger partial charge is 0.134 e. The highest BCUT2D eigenvalue weighted by Gasteiger charge is 2.37. The molecule has 0 unspecified atom stereocenters. The van der Waals surface area contributed by atoms with Crippen LogP contribution >= 0.6 is 0 Å². The molecule has 1 aromatic rings. The molecule has 2 aliphatic rings. The molecule has 2 aliphatic carbocycles. The van der Waals surface area contributed by atoms with E-state index in [0.29, 0.717) is 17.6 Å². The molecule has 0 amide bonds. The number of Topliss-reactive ketones (excluding diaryl/α,β-unsaturated/α-hetero) is 1. The molecule has 0 aromatic heterocycles. The van der Waals surface area contributed by atoms with Gasteiger partial charge in [-0.05, 0) is 29.4 Å². The highest BCUT2D eigenvalue weighted by Crippen LogP contribution is 2.48. The summed E-state index contributed by atoms with van der Waals surface area (Å²) in [5, 5.41) is 0. The van der Waals surface area contributed by atoms with Gasteiger partial charge in [-0.3, -0.25) is 4.79 Å². The van der Waals surface area contributed by atoms with Crippen molar-refractivity contribution in [2.75, 3.05) is 0 Å². The molecule has 0 aliphatic heterocycles. The van der Waals surface area contributed by atoms with Crippen molar-refractivity contribution in [3.8, 4) is 0 Å². The Labute approximate surface area is 77.8 Å². The monoisotopic (exact) mass is 172 g/mol. The zero-order valence-corrected chi connectivity index (χ0v) is 7.49. The normalized spacial score (nSPS) is 30.3. The van der Waals surface area contributed by atoms with E-state index in [9.17, 15) is 4.79 Å². The first kappa shape index (κ1) is 7.31. The van der Waals surface area contributed by atoms with E-state index in [1.165, 1.54) is 17.5 Å². The minimum atomic E-state index is 0.456. The van der Waals surface area contributed by atoms with Gasteiger partial charge in [0.05, 0.1) is 0 Å². The van der Waals surface area contributed by atoms with E-state index < -0.39 is 0 Å². The second-order valence-electron chi connectivity index (χ2n) is 4.21. The molecule has 2 bridgehead atoms. The van der Waals surface area contributed by atoms with Crippen molar-refractivity contribution in [3.05, 3.63) is 35.4 Å². The Morgan fingerprint density at radius 1 is 1.00 bits per heavy atom. The molecule has 0 spiro atoms. The van der Waals surface area contributed by atoms with Gasteiger partial charge in [-0.2, -0.15) is 0 Å². The summed E-state index contributed by atoms with van der Waals surface area (Å²) in [6, 6.07) is 8.56. The maximum atomic E-state index is 11.4. The standard InChI is InChI=1S/C12H12O/c13-10-6-8-5-9(7-10)12-4-2-1-3-11(8)12/h1-4,8-9H,5-7H2/t8-,9+. The van der Waals surface area contributed by atoms with Gasteiger partial charge in [0.1, 0.15) is 5.78 Å². The van der Waals surface area contributed by atoms with Gasteiger partial charge in [-0.25, -0.2) is 0 Å². The quantitative estimate of drug-likeness (QED) is 0.588. The molecule has 1 nitrogen and oxygen atoms in total. The van der Waals surface area contributed by atoms with E-state index in [4.69, 9.17) is 0 Å². The zero-order valence-electron chi connectivity index (χ0n) is 7.49. The minimum Gasteiger partial charge on any atom is -0.300 e. The van der Waals surface area contributed by atoms with Gasteiger partial charge in [-0.15, -0.1) is 0 Å². The van der Waals surface area contributed by atoms with E-state index in [1.54, 1.807) is 0 Å². The first-order valence-corrected chi connectivity index (χ1v) is 4.95. The second kappa shape index (κ2) is 2.44. The lowest BCUT2D eigenvalue weighted by molar-refractivity contribution is -0.120. The predicted octanol–water partition coefficient (Wildman–Crippen LogP) is 2.62. The van der Waals surface area contributed by atoms with Crippen molar-refractivity contribution >= 4 is 5.78 Å². The minimum absolute atomic E-state index is 0.456. The number of fused-ring (bicyclic) bond motifs is 5. The summed E-state index contributed by atoms with van der Waals surface area (Å²) in [5.41, 5.74) is 2.89. The van der Waals surface area contributed by atoms with Crippen molar-refractivity contribution in [3.63, 3.8) is 0 Å². The topological polar surface area (TPSA) is 17.1 Å². The van der Waals surface area contributed by atoms with Crippen LogP contribution in [-0.4, -0.2) is 5.78 Å². The summed E-state index contributed by atoms with van der Waals surface area (Å²) in [6.45, 7) is 0. The number of benzene rings is 1. The van der Waals surface area contributed by atoms with Crippen LogP contribution in [-0.2, 0) is 4.79 Å². The van der Waals surface area contributed by atoms with Gasteiger partial charge in [0.15, 0.2) is 0 Å². The van der Waals surface area contributed by atoms with E-state index in [1.807, 2.05) is 0 Å². The summed E-state index contributed by atoms with van der Waals surface area (Å²) in [7, 11) is 0. The third-order valence-corrected chi connectivity index (χ3v) is 3.39. The average molecular weight is 172 g/mol. The van der Waals surface area contributed by atoms with Crippen LogP contribution in [0.25, 0.3) is 0 Å². The SMILES string of the molecule is O=C1C[C@@H]2C[C@H](C1)c1ccccc12. The lowest BCUT2D eigenvalue weighted by Crippen LogP contribution is -2.12. The van der Waals surface area contributed by atoms with Crippen LogP contribution in [0.2, 0.25) is 0 Å². The Bertz CT molecular complexity index is 334. The number of hydrogen-bond donors (Lipinski definition) is 0. The summed E-state index contributed by atoms with van der Waals surface area (Å²) < 4.78 is 0. The van der Waals surface area contributed by atoms with Gasteiger partial charge in [0.2, 0.25) is 0 Å². The van der Waals surface area contributed by atoms with Crippen LogP contribution in [0.3, 0.4) is 0 Å². The fraction of sp³-hybridized carbons (Fsp3) is 0.417. The molecule has 2 atom stereocenters. The molecule has 3 rings (SSSR count). The van der Waals surface area contributed by atoms with Crippen LogP contribution in [0.1, 0.15) is 42.2 Å². The Morgan fingerprint density at radius 2 is 1.54 bits per heavy atom. The lowest BCUT2D eigenvalue weighted by Gasteiger charge is -2.17. The van der Waals surface area contributed by atoms with Crippen LogP contribution in [0.5, 0.6) is 0 Å². The molecular weight excluding hydrogens is 160 g/mol. The van der Waals surface area contributed by atoms with E-state index in [0.717, 1.165) is 12.8 Å². The van der Waals surface area contributed by atoms with Crippen LogP contribution in [0.15, 0.2) is 24.3 Å². The fourth-order valence-corrected chi connectivity index (χ4v) is 2.87. The molecule has 0 N–H and O–H groups in total. The zero-order chi connectivity index (χ0) is 8.84. The largest absolute Gasteiger partial charge is 0.300 e. The molecular formula is C12H12O. The van der Waals surface area contributed by atoms with Gasteiger partial charge in [0, 0.05) is 12.8 Å². The van der Waals surface area contributed by atoms with Crippen molar-refractivity contribution < 1.29 is 4.79 Å². The lowest BCUT2D eigenvalue weighted by atomic mass is 9.86. The summed E-state index contributed by atoms with van der Waals surface area (Å²) in [5.74, 6) is 1.54. The molecule has 66 valence electrons. The Morgan fingerprint density at radius 3 is 2.08 bits per heavy atom. The van der Waals surface area contributed by atoms with E-state index >= 15 is 0 Å². The van der Waals surface area contributed by atoms with Gasteiger partial charge < -0.3 is 0 Å². The molecule has 0 radical (unpaired) electrons. The van der Waals surface area contributed by atoms with Crippen LogP contribution in [0.4, 0.5) is 0 Å². The summed E-state index contributed by atoms with van der Waals surface area (Å²) in [4.78, 5) is 11.4. The third-order valence-electron chi connectivity index (χ3n) is 3.39. The Kier molecular flexibility index (Phi) is 1.37. The van der Waals surface area contributed by atoms with E-state index in [-0.39, 0.29) is 0 Å². The number of hydrogen-bond acceptors (Lipinski definition) is 1. The van der Waals surface area contributed by atoms with Crippen molar-refractivity contribution in [2.24, 2.45) is 0 Å². The van der Waals surface area contributed by atoms with E-state index in [2.05, 4.69) is 24.3 Å². The first-order chi connectivity index (χ1) is 6.34. The van der Waals surface area contributed by atoms with Gasteiger partial charge in [0.25, 0.3) is 0 Å². The summed E-state index contributed by atoms with van der Waals surface area (Å²) in [6.07, 6.45) is 2.78. The number of rotatable bonds is 0. The molecule has 1 fully saturated rings. The fourth-order valence-electron chi connectivity index (χ4n) is 2.87. The summed E-state index contributed by atoms with van der Waals surface area (Å²) >= 11 is 0. The highest BCUT2D eigenvalue weighted by molar-refractivity contribution is 5.82. The number of ketones is 1. The Hall–Kier alpha value is -1.11. The molecule has 0 heterocycles. The molecule has 1 heteroatoms. The van der Waals surface area contributed by atoms with Gasteiger partial charge in [-0.1, -0.05) is 24.3 Å². The maximum Gasteiger partial charge on any atom is 0.134 e. The molecule has 13 heavy (non-hydrogen) atoms. The number of carbonyl (C=O) groups is 1. The molecule has 0 saturated heterocycles. The molecule has 1 saturated carbocycles. The maximum absolute atomic E-state index is 11.4. The highest BCUT2D eigenvalue weighted by atomic mass is 16.1. The van der Waals surface area contributed by atoms with Crippen LogP contribution in [0, 0.1) is 0 Å². The second-order valence-corrected chi connectivity index (χ2v) is 4.21. The van der Waals surface area contributed by atoms with Crippen molar-refractivity contribution in [1.29, 1.82) is 0 Å². The molecule has 1 aromatic carbocycles.